The minimum atomic E-state index is -0.559. The second kappa shape index (κ2) is 6.30. The standard InChI is InChI=1S/C14H20O3/c1-10(2)5-7-13(15)12-9-11(16-3)6-8-14(12)17-4/h6,8-9,13,15H,1,5,7H2,2-4H3. The highest BCUT2D eigenvalue weighted by Gasteiger charge is 2.14. The summed E-state index contributed by atoms with van der Waals surface area (Å²) >= 11 is 0. The van der Waals surface area contributed by atoms with Gasteiger partial charge in [-0.2, -0.15) is 0 Å². The molecular formula is C14H20O3. The van der Waals surface area contributed by atoms with Crippen molar-refractivity contribution in [3.05, 3.63) is 35.9 Å². The highest BCUT2D eigenvalue weighted by Crippen LogP contribution is 2.32. The van der Waals surface area contributed by atoms with Gasteiger partial charge in [-0.15, -0.1) is 6.58 Å². The van der Waals surface area contributed by atoms with Crippen LogP contribution in [0.15, 0.2) is 30.4 Å². The van der Waals surface area contributed by atoms with Gasteiger partial charge in [-0.05, 0) is 38.0 Å². The number of hydrogen-bond acceptors (Lipinski definition) is 3. The zero-order chi connectivity index (χ0) is 12.8. The zero-order valence-electron chi connectivity index (χ0n) is 10.7. The van der Waals surface area contributed by atoms with E-state index in [1.54, 1.807) is 20.3 Å². The Balaban J connectivity index is 2.88. The van der Waals surface area contributed by atoms with E-state index in [9.17, 15) is 5.11 Å². The monoisotopic (exact) mass is 236 g/mol. The molecule has 0 saturated heterocycles. The molecule has 0 heterocycles. The van der Waals surface area contributed by atoms with Gasteiger partial charge in [0, 0.05) is 5.56 Å². The fourth-order valence-electron chi connectivity index (χ4n) is 1.64. The fourth-order valence-corrected chi connectivity index (χ4v) is 1.64. The molecule has 0 spiro atoms. The van der Waals surface area contributed by atoms with E-state index >= 15 is 0 Å². The van der Waals surface area contributed by atoms with Crippen LogP contribution in [0.5, 0.6) is 11.5 Å². The molecule has 0 aromatic heterocycles. The number of methoxy groups -OCH3 is 2. The van der Waals surface area contributed by atoms with Crippen LogP contribution in [0.4, 0.5) is 0 Å². The van der Waals surface area contributed by atoms with Crippen LogP contribution >= 0.6 is 0 Å². The first-order chi connectivity index (χ1) is 8.08. The molecule has 17 heavy (non-hydrogen) atoms. The first kappa shape index (κ1) is 13.6. The van der Waals surface area contributed by atoms with E-state index in [1.165, 1.54) is 0 Å². The van der Waals surface area contributed by atoms with Gasteiger partial charge in [0.05, 0.1) is 20.3 Å². The molecule has 1 aromatic carbocycles. The number of aliphatic hydroxyl groups excluding tert-OH is 1. The molecule has 3 nitrogen and oxygen atoms in total. The first-order valence-electron chi connectivity index (χ1n) is 5.63. The van der Waals surface area contributed by atoms with Crippen LogP contribution < -0.4 is 9.47 Å². The van der Waals surface area contributed by atoms with E-state index in [1.807, 2.05) is 19.1 Å². The lowest BCUT2D eigenvalue weighted by molar-refractivity contribution is 0.163. The SMILES string of the molecule is C=C(C)CCC(O)c1cc(OC)ccc1OC. The summed E-state index contributed by atoms with van der Waals surface area (Å²) < 4.78 is 10.4. The molecule has 1 aromatic rings. The van der Waals surface area contributed by atoms with Gasteiger partial charge in [0.2, 0.25) is 0 Å². The summed E-state index contributed by atoms with van der Waals surface area (Å²) in [7, 11) is 3.20. The number of ether oxygens (including phenoxy) is 2. The van der Waals surface area contributed by atoms with Crippen LogP contribution in [0.2, 0.25) is 0 Å². The second-order valence-corrected chi connectivity index (χ2v) is 4.12. The minimum Gasteiger partial charge on any atom is -0.497 e. The number of allylic oxidation sites excluding steroid dienone is 1. The first-order valence-corrected chi connectivity index (χ1v) is 5.63. The average molecular weight is 236 g/mol. The third-order valence-corrected chi connectivity index (χ3v) is 2.64. The van der Waals surface area contributed by atoms with Crippen LogP contribution in [0.3, 0.4) is 0 Å². The molecule has 0 fully saturated rings. The molecule has 1 N–H and O–H groups in total. The number of hydrogen-bond donors (Lipinski definition) is 1. The molecule has 3 heteroatoms. The zero-order valence-corrected chi connectivity index (χ0v) is 10.7. The van der Waals surface area contributed by atoms with Gasteiger partial charge in [-0.1, -0.05) is 5.57 Å². The van der Waals surface area contributed by atoms with Crippen molar-refractivity contribution in [1.82, 2.24) is 0 Å². The number of aliphatic hydroxyl groups is 1. The van der Waals surface area contributed by atoms with Crippen LogP contribution in [0, 0.1) is 0 Å². The number of rotatable bonds is 6. The van der Waals surface area contributed by atoms with Crippen LogP contribution in [-0.2, 0) is 0 Å². The van der Waals surface area contributed by atoms with Gasteiger partial charge < -0.3 is 14.6 Å². The Morgan fingerprint density at radius 2 is 2.06 bits per heavy atom. The van der Waals surface area contributed by atoms with Crippen molar-refractivity contribution >= 4 is 0 Å². The van der Waals surface area contributed by atoms with Gasteiger partial charge in [-0.25, -0.2) is 0 Å². The van der Waals surface area contributed by atoms with Gasteiger partial charge in [-0.3, -0.25) is 0 Å². The Labute approximate surface area is 103 Å². The van der Waals surface area contributed by atoms with E-state index in [0.29, 0.717) is 12.2 Å². The molecule has 1 atom stereocenters. The quantitative estimate of drug-likeness (QED) is 0.771. The summed E-state index contributed by atoms with van der Waals surface area (Å²) in [4.78, 5) is 0. The van der Waals surface area contributed by atoms with Crippen molar-refractivity contribution in [3.8, 4) is 11.5 Å². The van der Waals surface area contributed by atoms with Crippen molar-refractivity contribution in [2.75, 3.05) is 14.2 Å². The van der Waals surface area contributed by atoms with Crippen molar-refractivity contribution in [2.24, 2.45) is 0 Å². The smallest absolute Gasteiger partial charge is 0.124 e. The Bertz CT molecular complexity index is 385. The van der Waals surface area contributed by atoms with Gasteiger partial charge in [0.15, 0.2) is 0 Å². The lowest BCUT2D eigenvalue weighted by Crippen LogP contribution is -2.01. The topological polar surface area (TPSA) is 38.7 Å². The predicted octanol–water partition coefficient (Wildman–Crippen LogP) is 3.09. The molecule has 0 amide bonds. The summed E-state index contributed by atoms with van der Waals surface area (Å²) in [5, 5.41) is 10.1. The van der Waals surface area contributed by atoms with Crippen LogP contribution in [-0.4, -0.2) is 19.3 Å². The largest absolute Gasteiger partial charge is 0.497 e. The van der Waals surface area contributed by atoms with Crippen molar-refractivity contribution in [3.63, 3.8) is 0 Å². The van der Waals surface area contributed by atoms with E-state index in [2.05, 4.69) is 6.58 Å². The Kier molecular flexibility index (Phi) is 5.04. The van der Waals surface area contributed by atoms with E-state index in [0.717, 1.165) is 23.3 Å². The molecule has 1 rings (SSSR count). The maximum atomic E-state index is 10.1. The number of benzene rings is 1. The summed E-state index contributed by atoms with van der Waals surface area (Å²) in [6, 6.07) is 5.42. The predicted molar refractivity (Wildman–Crippen MR) is 68.6 cm³/mol. The lowest BCUT2D eigenvalue weighted by atomic mass is 10.0. The summed E-state index contributed by atoms with van der Waals surface area (Å²) in [6.07, 6.45) is 0.872. The molecule has 0 aliphatic rings. The average Bonchev–Trinajstić information content (AvgIpc) is 2.34. The molecule has 0 bridgehead atoms. The molecular weight excluding hydrogens is 216 g/mol. The second-order valence-electron chi connectivity index (χ2n) is 4.12. The highest BCUT2D eigenvalue weighted by molar-refractivity contribution is 5.41. The van der Waals surface area contributed by atoms with Crippen LogP contribution in [0.1, 0.15) is 31.4 Å². The van der Waals surface area contributed by atoms with Crippen molar-refractivity contribution < 1.29 is 14.6 Å². The molecule has 0 aliphatic heterocycles. The molecule has 0 saturated carbocycles. The van der Waals surface area contributed by atoms with Crippen molar-refractivity contribution in [1.29, 1.82) is 0 Å². The fraction of sp³-hybridized carbons (Fsp3) is 0.429. The summed E-state index contributed by atoms with van der Waals surface area (Å²) in [5.41, 5.74) is 1.82. The van der Waals surface area contributed by atoms with Gasteiger partial charge in [0.25, 0.3) is 0 Å². The molecule has 94 valence electrons. The summed E-state index contributed by atoms with van der Waals surface area (Å²) in [6.45, 7) is 5.78. The minimum absolute atomic E-state index is 0.559. The molecule has 0 aliphatic carbocycles. The third-order valence-electron chi connectivity index (χ3n) is 2.64. The van der Waals surface area contributed by atoms with E-state index < -0.39 is 6.10 Å². The normalized spacial score (nSPS) is 12.0. The maximum absolute atomic E-state index is 10.1. The highest BCUT2D eigenvalue weighted by atomic mass is 16.5. The maximum Gasteiger partial charge on any atom is 0.124 e. The lowest BCUT2D eigenvalue weighted by Gasteiger charge is -2.15. The Morgan fingerprint density at radius 1 is 1.35 bits per heavy atom. The Hall–Kier alpha value is -1.48. The summed E-state index contributed by atoms with van der Waals surface area (Å²) in [5.74, 6) is 1.40. The van der Waals surface area contributed by atoms with Gasteiger partial charge >= 0.3 is 0 Å². The molecule has 0 radical (unpaired) electrons. The Morgan fingerprint density at radius 3 is 2.59 bits per heavy atom. The third kappa shape index (κ3) is 3.79. The molecule has 1 unspecified atom stereocenters. The van der Waals surface area contributed by atoms with E-state index in [-0.39, 0.29) is 0 Å². The van der Waals surface area contributed by atoms with Gasteiger partial charge in [0.1, 0.15) is 11.5 Å². The van der Waals surface area contributed by atoms with Crippen molar-refractivity contribution in [2.45, 2.75) is 25.9 Å². The van der Waals surface area contributed by atoms with E-state index in [4.69, 9.17) is 9.47 Å². The van der Waals surface area contributed by atoms with Crippen LogP contribution in [0.25, 0.3) is 0 Å².